The number of aromatic nitrogens is 1. The molecule has 0 aliphatic heterocycles. The lowest BCUT2D eigenvalue weighted by Crippen LogP contribution is -1.80. The minimum absolute atomic E-state index is 0.658. The summed E-state index contributed by atoms with van der Waals surface area (Å²) >= 11 is 3.52. The van der Waals surface area contributed by atoms with E-state index in [4.69, 9.17) is 4.42 Å². The molecular weight excluding hydrogens is 290 g/mol. The van der Waals surface area contributed by atoms with Crippen LogP contribution in [0.1, 0.15) is 11.1 Å². The molecule has 0 saturated carbocycles. The van der Waals surface area contributed by atoms with E-state index in [-0.39, 0.29) is 0 Å². The van der Waals surface area contributed by atoms with Crippen molar-refractivity contribution in [1.29, 1.82) is 0 Å². The normalized spacial score (nSPS) is 11.1. The van der Waals surface area contributed by atoms with E-state index < -0.39 is 0 Å². The quantitative estimate of drug-likeness (QED) is 0.640. The van der Waals surface area contributed by atoms with Gasteiger partial charge in [-0.3, -0.25) is 0 Å². The van der Waals surface area contributed by atoms with Gasteiger partial charge in [0.1, 0.15) is 5.52 Å². The largest absolute Gasteiger partial charge is 0.436 e. The van der Waals surface area contributed by atoms with Crippen molar-refractivity contribution >= 4 is 27.0 Å². The molecule has 0 amide bonds. The molecule has 0 unspecified atom stereocenters. The van der Waals surface area contributed by atoms with E-state index in [2.05, 4.69) is 40.8 Å². The summed E-state index contributed by atoms with van der Waals surface area (Å²) in [7, 11) is 0. The number of nitrogens with zero attached hydrogens (tertiary/aromatic N) is 1. The minimum atomic E-state index is 0.658. The van der Waals surface area contributed by atoms with Gasteiger partial charge in [-0.05, 0) is 59.1 Å². The fraction of sp³-hybridized carbons (Fsp3) is 0.133. The number of fused-ring (bicyclic) bond motifs is 1. The van der Waals surface area contributed by atoms with E-state index >= 15 is 0 Å². The van der Waals surface area contributed by atoms with Crippen LogP contribution in [0.3, 0.4) is 0 Å². The molecule has 2 nitrogen and oxygen atoms in total. The molecule has 0 atom stereocenters. The molecule has 3 aromatic rings. The van der Waals surface area contributed by atoms with Gasteiger partial charge in [-0.2, -0.15) is 0 Å². The lowest BCUT2D eigenvalue weighted by atomic mass is 10.1. The van der Waals surface area contributed by atoms with Gasteiger partial charge in [0.2, 0.25) is 5.89 Å². The predicted molar refractivity (Wildman–Crippen MR) is 76.6 cm³/mol. The van der Waals surface area contributed by atoms with Gasteiger partial charge in [0.05, 0.1) is 5.56 Å². The Morgan fingerprint density at radius 2 is 1.83 bits per heavy atom. The van der Waals surface area contributed by atoms with Crippen LogP contribution in [0, 0.1) is 13.8 Å². The van der Waals surface area contributed by atoms with Crippen LogP contribution in [-0.2, 0) is 0 Å². The van der Waals surface area contributed by atoms with E-state index in [0.29, 0.717) is 5.89 Å². The zero-order valence-electron chi connectivity index (χ0n) is 10.2. The Bertz CT molecular complexity index is 730. The third-order valence-electron chi connectivity index (χ3n) is 3.18. The van der Waals surface area contributed by atoms with Gasteiger partial charge in [0.25, 0.3) is 0 Å². The highest BCUT2D eigenvalue weighted by atomic mass is 79.9. The SMILES string of the molecule is Cc1ccc2nc(-c3ccccc3Br)oc2c1C. The first-order valence-electron chi connectivity index (χ1n) is 5.78. The number of rotatable bonds is 1. The summed E-state index contributed by atoms with van der Waals surface area (Å²) in [5.74, 6) is 0.658. The molecule has 0 bridgehead atoms. The monoisotopic (exact) mass is 301 g/mol. The summed E-state index contributed by atoms with van der Waals surface area (Å²) in [6, 6.07) is 12.0. The predicted octanol–water partition coefficient (Wildman–Crippen LogP) is 4.87. The molecule has 3 rings (SSSR count). The fourth-order valence-corrected chi connectivity index (χ4v) is 2.43. The molecule has 0 radical (unpaired) electrons. The van der Waals surface area contributed by atoms with Crippen molar-refractivity contribution in [3.63, 3.8) is 0 Å². The van der Waals surface area contributed by atoms with Gasteiger partial charge in [0, 0.05) is 4.47 Å². The van der Waals surface area contributed by atoms with Crippen molar-refractivity contribution in [2.45, 2.75) is 13.8 Å². The molecule has 90 valence electrons. The Morgan fingerprint density at radius 1 is 1.06 bits per heavy atom. The van der Waals surface area contributed by atoms with Crippen molar-refractivity contribution in [2.75, 3.05) is 0 Å². The van der Waals surface area contributed by atoms with Gasteiger partial charge >= 0.3 is 0 Å². The second kappa shape index (κ2) is 4.25. The highest BCUT2D eigenvalue weighted by Crippen LogP contribution is 2.31. The van der Waals surface area contributed by atoms with Crippen LogP contribution < -0.4 is 0 Å². The van der Waals surface area contributed by atoms with Crippen LogP contribution in [0.2, 0.25) is 0 Å². The Morgan fingerprint density at radius 3 is 2.61 bits per heavy atom. The first-order valence-corrected chi connectivity index (χ1v) is 6.58. The lowest BCUT2D eigenvalue weighted by Gasteiger charge is -1.98. The summed E-state index contributed by atoms with van der Waals surface area (Å²) in [6.07, 6.45) is 0. The summed E-state index contributed by atoms with van der Waals surface area (Å²) in [6.45, 7) is 4.14. The molecule has 1 heterocycles. The van der Waals surface area contributed by atoms with E-state index in [0.717, 1.165) is 26.7 Å². The van der Waals surface area contributed by atoms with Crippen LogP contribution in [0.5, 0.6) is 0 Å². The third-order valence-corrected chi connectivity index (χ3v) is 3.87. The van der Waals surface area contributed by atoms with Crippen LogP contribution in [-0.4, -0.2) is 4.98 Å². The minimum Gasteiger partial charge on any atom is -0.436 e. The Labute approximate surface area is 114 Å². The summed E-state index contributed by atoms with van der Waals surface area (Å²) in [5.41, 5.74) is 5.13. The maximum Gasteiger partial charge on any atom is 0.228 e. The maximum absolute atomic E-state index is 5.91. The summed E-state index contributed by atoms with van der Waals surface area (Å²) in [5, 5.41) is 0. The standard InChI is InChI=1S/C15H12BrNO/c1-9-7-8-13-14(10(9)2)18-15(17-13)11-5-3-4-6-12(11)16/h3-8H,1-2H3. The molecule has 3 heteroatoms. The van der Waals surface area contributed by atoms with Crippen LogP contribution in [0.4, 0.5) is 0 Å². The van der Waals surface area contributed by atoms with Gasteiger partial charge in [-0.25, -0.2) is 4.98 Å². The average molecular weight is 302 g/mol. The second-order valence-electron chi connectivity index (χ2n) is 4.35. The van der Waals surface area contributed by atoms with Crippen molar-refractivity contribution in [3.05, 3.63) is 52.0 Å². The average Bonchev–Trinajstić information content (AvgIpc) is 2.79. The van der Waals surface area contributed by atoms with Crippen molar-refractivity contribution in [1.82, 2.24) is 4.98 Å². The topological polar surface area (TPSA) is 26.0 Å². The van der Waals surface area contributed by atoms with Gasteiger partial charge < -0.3 is 4.42 Å². The lowest BCUT2D eigenvalue weighted by molar-refractivity contribution is 0.616. The number of benzene rings is 2. The van der Waals surface area contributed by atoms with Crippen molar-refractivity contribution in [2.24, 2.45) is 0 Å². The van der Waals surface area contributed by atoms with Gasteiger partial charge in [0.15, 0.2) is 5.58 Å². The van der Waals surface area contributed by atoms with E-state index in [1.54, 1.807) is 0 Å². The highest BCUT2D eigenvalue weighted by Gasteiger charge is 2.12. The Hall–Kier alpha value is -1.61. The third kappa shape index (κ3) is 1.75. The Kier molecular flexibility index (Phi) is 2.71. The molecule has 0 spiro atoms. The number of hydrogen-bond acceptors (Lipinski definition) is 2. The number of oxazole rings is 1. The molecule has 0 aliphatic carbocycles. The maximum atomic E-state index is 5.91. The molecule has 0 saturated heterocycles. The van der Waals surface area contributed by atoms with Crippen molar-refractivity contribution in [3.8, 4) is 11.5 Å². The van der Waals surface area contributed by atoms with E-state index in [1.165, 1.54) is 5.56 Å². The molecule has 18 heavy (non-hydrogen) atoms. The van der Waals surface area contributed by atoms with Crippen molar-refractivity contribution < 1.29 is 4.42 Å². The second-order valence-corrected chi connectivity index (χ2v) is 5.21. The number of aryl methyl sites for hydroxylation is 2. The van der Waals surface area contributed by atoms with E-state index in [9.17, 15) is 0 Å². The fourth-order valence-electron chi connectivity index (χ4n) is 1.97. The molecular formula is C15H12BrNO. The summed E-state index contributed by atoms with van der Waals surface area (Å²) < 4.78 is 6.90. The smallest absolute Gasteiger partial charge is 0.228 e. The Balaban J connectivity index is 2.26. The van der Waals surface area contributed by atoms with Crippen LogP contribution in [0.25, 0.3) is 22.6 Å². The van der Waals surface area contributed by atoms with Crippen LogP contribution >= 0.6 is 15.9 Å². The van der Waals surface area contributed by atoms with E-state index in [1.807, 2.05) is 30.3 Å². The zero-order chi connectivity index (χ0) is 12.7. The zero-order valence-corrected chi connectivity index (χ0v) is 11.8. The number of halogens is 1. The highest BCUT2D eigenvalue weighted by molar-refractivity contribution is 9.10. The first-order chi connectivity index (χ1) is 8.66. The van der Waals surface area contributed by atoms with Gasteiger partial charge in [-0.1, -0.05) is 18.2 Å². The molecule has 0 fully saturated rings. The number of hydrogen-bond donors (Lipinski definition) is 0. The summed E-state index contributed by atoms with van der Waals surface area (Å²) in [4.78, 5) is 4.55. The molecule has 0 aliphatic rings. The molecule has 0 N–H and O–H groups in total. The van der Waals surface area contributed by atoms with Crippen LogP contribution in [0.15, 0.2) is 45.3 Å². The van der Waals surface area contributed by atoms with Gasteiger partial charge in [-0.15, -0.1) is 0 Å². The molecule has 2 aromatic carbocycles. The molecule has 1 aromatic heterocycles. The first kappa shape index (κ1) is 11.5.